The summed E-state index contributed by atoms with van der Waals surface area (Å²) in [6, 6.07) is 0.0252. The van der Waals surface area contributed by atoms with E-state index >= 15 is 0 Å². The molecule has 1 fully saturated rings. The van der Waals surface area contributed by atoms with Gasteiger partial charge in [0.05, 0.1) is 13.2 Å². The Bertz CT molecular complexity index is 264. The van der Waals surface area contributed by atoms with Gasteiger partial charge in [-0.1, -0.05) is 0 Å². The van der Waals surface area contributed by atoms with Crippen LogP contribution in [0.3, 0.4) is 0 Å². The zero-order valence-electron chi connectivity index (χ0n) is 11.0. The van der Waals surface area contributed by atoms with Gasteiger partial charge in [0.1, 0.15) is 0 Å². The summed E-state index contributed by atoms with van der Waals surface area (Å²) in [6.07, 6.45) is -1.22. The summed E-state index contributed by atoms with van der Waals surface area (Å²) in [6.45, 7) is 3.43. The van der Waals surface area contributed by atoms with E-state index in [1.807, 2.05) is 7.05 Å². The van der Waals surface area contributed by atoms with E-state index in [1.165, 1.54) is 0 Å². The molecule has 0 radical (unpaired) electrons. The molecule has 0 aromatic carbocycles. The Labute approximate surface area is 107 Å². The van der Waals surface area contributed by atoms with Crippen molar-refractivity contribution in [1.29, 1.82) is 0 Å². The van der Waals surface area contributed by atoms with Gasteiger partial charge < -0.3 is 15.0 Å². The van der Waals surface area contributed by atoms with Gasteiger partial charge in [-0.25, -0.2) is 8.78 Å². The van der Waals surface area contributed by atoms with Gasteiger partial charge in [0.15, 0.2) is 0 Å². The van der Waals surface area contributed by atoms with E-state index in [1.54, 1.807) is 6.92 Å². The van der Waals surface area contributed by atoms with E-state index in [2.05, 4.69) is 10.2 Å². The molecule has 0 spiro atoms. The minimum absolute atomic E-state index is 0.0252. The van der Waals surface area contributed by atoms with Crippen LogP contribution in [0.25, 0.3) is 0 Å². The molecule has 0 aromatic rings. The second kappa shape index (κ2) is 7.63. The van der Waals surface area contributed by atoms with Crippen molar-refractivity contribution in [3.63, 3.8) is 0 Å². The first kappa shape index (κ1) is 15.3. The molecule has 1 N–H and O–H groups in total. The minimum atomic E-state index is -2.33. The SMILES string of the molecule is CCOC(=O)CC1CC(NCC(F)F)CN(C)C1. The van der Waals surface area contributed by atoms with Gasteiger partial charge in [-0.05, 0) is 26.3 Å². The van der Waals surface area contributed by atoms with Crippen LogP contribution in [-0.2, 0) is 9.53 Å². The first-order valence-electron chi connectivity index (χ1n) is 6.37. The molecule has 6 heteroatoms. The fourth-order valence-corrected chi connectivity index (χ4v) is 2.45. The summed E-state index contributed by atoms with van der Waals surface area (Å²) in [5.74, 6) is -0.0246. The van der Waals surface area contributed by atoms with Crippen molar-refractivity contribution in [2.75, 3.05) is 33.3 Å². The fraction of sp³-hybridized carbons (Fsp3) is 0.917. The van der Waals surface area contributed by atoms with Gasteiger partial charge >= 0.3 is 5.97 Å². The number of likely N-dealkylation sites (tertiary alicyclic amines) is 1. The second-order valence-electron chi connectivity index (χ2n) is 4.83. The quantitative estimate of drug-likeness (QED) is 0.730. The predicted octanol–water partition coefficient (Wildman–Crippen LogP) is 1.11. The molecule has 1 saturated heterocycles. The Morgan fingerprint density at radius 2 is 2.22 bits per heavy atom. The topological polar surface area (TPSA) is 41.6 Å². The van der Waals surface area contributed by atoms with Crippen LogP contribution in [0.2, 0.25) is 0 Å². The average molecular weight is 264 g/mol. The summed E-state index contributed by atoms with van der Waals surface area (Å²) in [4.78, 5) is 13.5. The number of alkyl halides is 2. The molecule has 0 aliphatic carbocycles. The summed E-state index contributed by atoms with van der Waals surface area (Å²) >= 11 is 0. The molecule has 1 aliphatic heterocycles. The summed E-state index contributed by atoms with van der Waals surface area (Å²) in [7, 11) is 1.94. The van der Waals surface area contributed by atoms with Gasteiger partial charge in [-0.15, -0.1) is 0 Å². The number of nitrogens with zero attached hydrogens (tertiary/aromatic N) is 1. The maximum atomic E-state index is 12.1. The van der Waals surface area contributed by atoms with Crippen LogP contribution < -0.4 is 5.32 Å². The molecule has 0 saturated carbocycles. The van der Waals surface area contributed by atoms with Gasteiger partial charge in [-0.2, -0.15) is 0 Å². The number of hydrogen-bond acceptors (Lipinski definition) is 4. The third kappa shape index (κ3) is 5.73. The number of likely N-dealkylation sites (N-methyl/N-ethyl adjacent to an activating group) is 1. The van der Waals surface area contributed by atoms with Crippen LogP contribution in [0, 0.1) is 5.92 Å². The highest BCUT2D eigenvalue weighted by Crippen LogP contribution is 2.19. The lowest BCUT2D eigenvalue weighted by atomic mass is 9.92. The lowest BCUT2D eigenvalue weighted by Crippen LogP contribution is -2.49. The van der Waals surface area contributed by atoms with Crippen molar-refractivity contribution >= 4 is 5.97 Å². The third-order valence-electron chi connectivity index (χ3n) is 3.04. The zero-order chi connectivity index (χ0) is 13.5. The number of carbonyl (C=O) groups is 1. The summed E-state index contributed by atoms with van der Waals surface area (Å²) < 4.78 is 29.2. The molecule has 106 valence electrons. The number of halogens is 2. The molecule has 4 nitrogen and oxygen atoms in total. The number of rotatable bonds is 6. The standard InChI is InChI=1S/C12H22F2N2O2/c1-3-18-12(17)5-9-4-10(8-16(2)7-9)15-6-11(13)14/h9-11,15H,3-8H2,1-2H3. The average Bonchev–Trinajstić information content (AvgIpc) is 2.25. The van der Waals surface area contributed by atoms with E-state index in [9.17, 15) is 13.6 Å². The largest absolute Gasteiger partial charge is 0.466 e. The molecule has 1 heterocycles. The van der Waals surface area contributed by atoms with Gasteiger partial charge in [0.2, 0.25) is 0 Å². The number of carbonyl (C=O) groups excluding carboxylic acids is 1. The van der Waals surface area contributed by atoms with E-state index < -0.39 is 6.43 Å². The fourth-order valence-electron chi connectivity index (χ4n) is 2.45. The number of esters is 1. The van der Waals surface area contributed by atoms with Gasteiger partial charge in [0.25, 0.3) is 6.43 Å². The Balaban J connectivity index is 2.37. The van der Waals surface area contributed by atoms with Gasteiger partial charge in [0, 0.05) is 25.6 Å². The minimum Gasteiger partial charge on any atom is -0.466 e. The van der Waals surface area contributed by atoms with Gasteiger partial charge in [-0.3, -0.25) is 4.79 Å². The van der Waals surface area contributed by atoms with Crippen LogP contribution in [-0.4, -0.2) is 56.6 Å². The highest BCUT2D eigenvalue weighted by atomic mass is 19.3. The van der Waals surface area contributed by atoms with Crippen molar-refractivity contribution in [3.8, 4) is 0 Å². The van der Waals surface area contributed by atoms with Crippen LogP contribution in [0.15, 0.2) is 0 Å². The molecule has 0 bridgehead atoms. The van der Waals surface area contributed by atoms with Crippen molar-refractivity contribution in [2.24, 2.45) is 5.92 Å². The molecule has 0 amide bonds. The lowest BCUT2D eigenvalue weighted by molar-refractivity contribution is -0.144. The van der Waals surface area contributed by atoms with E-state index in [0.29, 0.717) is 13.0 Å². The summed E-state index contributed by atoms with van der Waals surface area (Å²) in [5, 5.41) is 2.84. The maximum absolute atomic E-state index is 12.1. The first-order valence-corrected chi connectivity index (χ1v) is 6.37. The molecular formula is C12H22F2N2O2. The van der Waals surface area contributed by atoms with Crippen molar-refractivity contribution in [2.45, 2.75) is 32.2 Å². The smallest absolute Gasteiger partial charge is 0.306 e. The third-order valence-corrected chi connectivity index (χ3v) is 3.04. The van der Waals surface area contributed by atoms with Crippen molar-refractivity contribution in [3.05, 3.63) is 0 Å². The highest BCUT2D eigenvalue weighted by Gasteiger charge is 2.27. The zero-order valence-corrected chi connectivity index (χ0v) is 11.0. The van der Waals surface area contributed by atoms with Crippen molar-refractivity contribution < 1.29 is 18.3 Å². The van der Waals surface area contributed by atoms with E-state index in [0.717, 1.165) is 19.5 Å². The van der Waals surface area contributed by atoms with E-state index in [4.69, 9.17) is 4.74 Å². The van der Waals surface area contributed by atoms with Crippen LogP contribution in [0.5, 0.6) is 0 Å². The molecule has 18 heavy (non-hydrogen) atoms. The normalized spacial score (nSPS) is 25.4. The van der Waals surface area contributed by atoms with Crippen LogP contribution in [0.4, 0.5) is 8.78 Å². The lowest BCUT2D eigenvalue weighted by Gasteiger charge is -2.35. The Morgan fingerprint density at radius 3 is 2.83 bits per heavy atom. The maximum Gasteiger partial charge on any atom is 0.306 e. The Kier molecular flexibility index (Phi) is 6.49. The Hall–Kier alpha value is -0.750. The molecular weight excluding hydrogens is 242 g/mol. The number of nitrogens with one attached hydrogen (secondary N) is 1. The second-order valence-corrected chi connectivity index (χ2v) is 4.83. The monoisotopic (exact) mass is 264 g/mol. The first-order chi connectivity index (χ1) is 8.51. The number of ether oxygens (including phenoxy) is 1. The van der Waals surface area contributed by atoms with Crippen LogP contribution >= 0.6 is 0 Å². The molecule has 1 aliphatic rings. The van der Waals surface area contributed by atoms with E-state index in [-0.39, 0.29) is 24.5 Å². The summed E-state index contributed by atoms with van der Waals surface area (Å²) in [5.41, 5.74) is 0. The van der Waals surface area contributed by atoms with Crippen molar-refractivity contribution in [1.82, 2.24) is 10.2 Å². The molecule has 1 rings (SSSR count). The Morgan fingerprint density at radius 1 is 1.50 bits per heavy atom. The number of hydrogen-bond donors (Lipinski definition) is 1. The molecule has 2 unspecified atom stereocenters. The molecule has 2 atom stereocenters. The number of piperidine rings is 1. The predicted molar refractivity (Wildman–Crippen MR) is 64.6 cm³/mol. The van der Waals surface area contributed by atoms with Crippen LogP contribution in [0.1, 0.15) is 19.8 Å². The highest BCUT2D eigenvalue weighted by molar-refractivity contribution is 5.69. The molecule has 0 aromatic heterocycles.